The van der Waals surface area contributed by atoms with Crippen molar-refractivity contribution >= 4 is 17.5 Å². The Bertz CT molecular complexity index is 655. The molecule has 4 nitrogen and oxygen atoms in total. The molecule has 0 saturated heterocycles. The van der Waals surface area contributed by atoms with Crippen molar-refractivity contribution in [3.63, 3.8) is 0 Å². The van der Waals surface area contributed by atoms with Crippen LogP contribution in [0.3, 0.4) is 0 Å². The standard InChI is InChI=1S/C17H18ClNO3/c1-11-4-3-5-14(16(11)18)17(21)19-10-15(20)12-6-8-13(22-2)9-7-12/h3-9,15,20H,10H2,1-2H3,(H,19,21). The summed E-state index contributed by atoms with van der Waals surface area (Å²) >= 11 is 6.12. The maximum Gasteiger partial charge on any atom is 0.252 e. The Labute approximate surface area is 134 Å². The summed E-state index contributed by atoms with van der Waals surface area (Å²) in [6.07, 6.45) is -0.793. The molecule has 1 unspecified atom stereocenters. The van der Waals surface area contributed by atoms with Crippen LogP contribution in [0.5, 0.6) is 5.75 Å². The van der Waals surface area contributed by atoms with E-state index in [1.165, 1.54) is 0 Å². The lowest BCUT2D eigenvalue weighted by atomic mass is 10.1. The molecule has 116 valence electrons. The highest BCUT2D eigenvalue weighted by Gasteiger charge is 2.14. The van der Waals surface area contributed by atoms with Crippen LogP contribution in [0.15, 0.2) is 42.5 Å². The van der Waals surface area contributed by atoms with Gasteiger partial charge in [-0.05, 0) is 36.2 Å². The van der Waals surface area contributed by atoms with Crippen molar-refractivity contribution in [2.45, 2.75) is 13.0 Å². The first-order chi connectivity index (χ1) is 10.5. The summed E-state index contributed by atoms with van der Waals surface area (Å²) in [6, 6.07) is 12.3. The predicted molar refractivity (Wildman–Crippen MR) is 86.5 cm³/mol. The van der Waals surface area contributed by atoms with Gasteiger partial charge in [0.1, 0.15) is 5.75 Å². The van der Waals surface area contributed by atoms with Gasteiger partial charge in [-0.25, -0.2) is 0 Å². The Morgan fingerprint density at radius 1 is 1.27 bits per heavy atom. The number of nitrogens with one attached hydrogen (secondary N) is 1. The second-order valence-electron chi connectivity index (χ2n) is 4.94. The first-order valence-corrected chi connectivity index (χ1v) is 7.26. The maximum absolute atomic E-state index is 12.1. The van der Waals surface area contributed by atoms with Crippen LogP contribution < -0.4 is 10.1 Å². The number of benzene rings is 2. The Balaban J connectivity index is 1.99. The molecule has 2 aromatic rings. The minimum Gasteiger partial charge on any atom is -0.497 e. The molecule has 0 aliphatic heterocycles. The summed E-state index contributed by atoms with van der Waals surface area (Å²) < 4.78 is 5.06. The van der Waals surface area contributed by atoms with Gasteiger partial charge in [0.15, 0.2) is 0 Å². The van der Waals surface area contributed by atoms with E-state index in [1.54, 1.807) is 43.5 Å². The molecule has 1 atom stereocenters. The van der Waals surface area contributed by atoms with Gasteiger partial charge >= 0.3 is 0 Å². The highest BCUT2D eigenvalue weighted by atomic mass is 35.5. The first kappa shape index (κ1) is 16.3. The van der Waals surface area contributed by atoms with Crippen molar-refractivity contribution in [2.24, 2.45) is 0 Å². The Hall–Kier alpha value is -2.04. The molecule has 5 heteroatoms. The summed E-state index contributed by atoms with van der Waals surface area (Å²) in [6.45, 7) is 1.95. The summed E-state index contributed by atoms with van der Waals surface area (Å²) in [5.74, 6) is 0.410. The summed E-state index contributed by atoms with van der Waals surface area (Å²) in [5.41, 5.74) is 1.95. The zero-order chi connectivity index (χ0) is 16.1. The largest absolute Gasteiger partial charge is 0.497 e. The fourth-order valence-corrected chi connectivity index (χ4v) is 2.26. The SMILES string of the molecule is COc1ccc(C(O)CNC(=O)c2cccc(C)c2Cl)cc1. The molecule has 0 aliphatic rings. The fourth-order valence-electron chi connectivity index (χ4n) is 2.05. The van der Waals surface area contributed by atoms with E-state index < -0.39 is 6.10 Å². The number of rotatable bonds is 5. The van der Waals surface area contributed by atoms with E-state index in [-0.39, 0.29) is 12.5 Å². The molecular formula is C17H18ClNO3. The zero-order valence-electron chi connectivity index (χ0n) is 12.5. The van der Waals surface area contributed by atoms with E-state index in [9.17, 15) is 9.90 Å². The minimum atomic E-state index is -0.793. The van der Waals surface area contributed by atoms with Gasteiger partial charge in [0.25, 0.3) is 5.91 Å². The van der Waals surface area contributed by atoms with Crippen LogP contribution in [-0.4, -0.2) is 24.7 Å². The molecule has 0 aromatic heterocycles. The van der Waals surface area contributed by atoms with Crippen LogP contribution in [0.4, 0.5) is 0 Å². The highest BCUT2D eigenvalue weighted by Crippen LogP contribution is 2.21. The number of hydrogen-bond donors (Lipinski definition) is 2. The number of methoxy groups -OCH3 is 1. The van der Waals surface area contributed by atoms with Crippen molar-refractivity contribution in [1.82, 2.24) is 5.32 Å². The lowest BCUT2D eigenvalue weighted by Crippen LogP contribution is -2.28. The van der Waals surface area contributed by atoms with Crippen molar-refractivity contribution in [2.75, 3.05) is 13.7 Å². The third-order valence-corrected chi connectivity index (χ3v) is 3.89. The highest BCUT2D eigenvalue weighted by molar-refractivity contribution is 6.34. The van der Waals surface area contributed by atoms with E-state index in [2.05, 4.69) is 5.32 Å². The topological polar surface area (TPSA) is 58.6 Å². The van der Waals surface area contributed by atoms with Gasteiger partial charge in [-0.3, -0.25) is 4.79 Å². The van der Waals surface area contributed by atoms with E-state index in [0.717, 1.165) is 5.56 Å². The van der Waals surface area contributed by atoms with Gasteiger partial charge in [0.2, 0.25) is 0 Å². The van der Waals surface area contributed by atoms with Crippen LogP contribution in [-0.2, 0) is 0 Å². The lowest BCUT2D eigenvalue weighted by molar-refractivity contribution is 0.0916. The van der Waals surface area contributed by atoms with E-state index in [0.29, 0.717) is 21.9 Å². The van der Waals surface area contributed by atoms with Crippen LogP contribution in [0.25, 0.3) is 0 Å². The van der Waals surface area contributed by atoms with E-state index >= 15 is 0 Å². The minimum absolute atomic E-state index is 0.107. The molecule has 0 spiro atoms. The van der Waals surface area contributed by atoms with Crippen molar-refractivity contribution < 1.29 is 14.6 Å². The molecule has 0 saturated carbocycles. The number of aliphatic hydroxyl groups excluding tert-OH is 1. The molecule has 0 aliphatic carbocycles. The fraction of sp³-hybridized carbons (Fsp3) is 0.235. The zero-order valence-corrected chi connectivity index (χ0v) is 13.2. The second-order valence-corrected chi connectivity index (χ2v) is 5.31. The van der Waals surface area contributed by atoms with E-state index in [1.807, 2.05) is 13.0 Å². The molecule has 2 rings (SSSR count). The van der Waals surface area contributed by atoms with Gasteiger partial charge in [0, 0.05) is 6.54 Å². The van der Waals surface area contributed by atoms with Crippen molar-refractivity contribution in [1.29, 1.82) is 0 Å². The van der Waals surface area contributed by atoms with Crippen LogP contribution in [0.2, 0.25) is 5.02 Å². The molecule has 2 aromatic carbocycles. The predicted octanol–water partition coefficient (Wildman–Crippen LogP) is 3.12. The van der Waals surface area contributed by atoms with Gasteiger partial charge in [-0.1, -0.05) is 35.9 Å². The Kier molecular flexibility index (Phi) is 5.41. The number of halogens is 1. The monoisotopic (exact) mass is 319 g/mol. The normalized spacial score (nSPS) is 11.8. The average molecular weight is 320 g/mol. The number of aryl methyl sites for hydroxylation is 1. The lowest BCUT2D eigenvalue weighted by Gasteiger charge is -2.13. The Morgan fingerprint density at radius 3 is 2.59 bits per heavy atom. The van der Waals surface area contributed by atoms with Gasteiger partial charge in [-0.15, -0.1) is 0 Å². The molecule has 0 bridgehead atoms. The number of ether oxygens (including phenoxy) is 1. The smallest absolute Gasteiger partial charge is 0.252 e. The number of aliphatic hydroxyl groups is 1. The van der Waals surface area contributed by atoms with Crippen LogP contribution >= 0.6 is 11.6 Å². The first-order valence-electron chi connectivity index (χ1n) is 6.88. The third-order valence-electron chi connectivity index (χ3n) is 3.39. The molecule has 0 heterocycles. The number of amides is 1. The van der Waals surface area contributed by atoms with Gasteiger partial charge < -0.3 is 15.2 Å². The molecule has 0 radical (unpaired) electrons. The average Bonchev–Trinajstić information content (AvgIpc) is 2.55. The second kappa shape index (κ2) is 7.29. The summed E-state index contributed by atoms with van der Waals surface area (Å²) in [5, 5.41) is 13.2. The number of carbonyl (C=O) groups is 1. The van der Waals surface area contributed by atoms with Crippen LogP contribution in [0, 0.1) is 6.92 Å². The van der Waals surface area contributed by atoms with Gasteiger partial charge in [0.05, 0.1) is 23.8 Å². The number of carbonyl (C=O) groups excluding carboxylic acids is 1. The Morgan fingerprint density at radius 2 is 1.95 bits per heavy atom. The molecular weight excluding hydrogens is 302 g/mol. The van der Waals surface area contributed by atoms with Crippen LogP contribution in [0.1, 0.15) is 27.6 Å². The van der Waals surface area contributed by atoms with Gasteiger partial charge in [-0.2, -0.15) is 0 Å². The summed E-state index contributed by atoms with van der Waals surface area (Å²) in [4.78, 5) is 12.1. The van der Waals surface area contributed by atoms with Crippen molar-refractivity contribution in [3.8, 4) is 5.75 Å². The quantitative estimate of drug-likeness (QED) is 0.890. The van der Waals surface area contributed by atoms with Crippen molar-refractivity contribution in [3.05, 3.63) is 64.2 Å². The molecule has 22 heavy (non-hydrogen) atoms. The number of hydrogen-bond acceptors (Lipinski definition) is 3. The molecule has 1 amide bonds. The van der Waals surface area contributed by atoms with E-state index in [4.69, 9.17) is 16.3 Å². The maximum atomic E-state index is 12.1. The summed E-state index contributed by atoms with van der Waals surface area (Å²) in [7, 11) is 1.58. The molecule has 0 fully saturated rings. The third kappa shape index (κ3) is 3.78. The molecule has 2 N–H and O–H groups in total.